The van der Waals surface area contributed by atoms with Gasteiger partial charge in [-0.25, -0.2) is 4.79 Å². The first-order valence-electron chi connectivity index (χ1n) is 7.25. The Bertz CT molecular complexity index is 608. The summed E-state index contributed by atoms with van der Waals surface area (Å²) in [6.07, 6.45) is 4.13. The first-order valence-corrected chi connectivity index (χ1v) is 7.25. The molecule has 22 heavy (non-hydrogen) atoms. The summed E-state index contributed by atoms with van der Waals surface area (Å²) < 4.78 is 1.82. The number of nitrogens with zero attached hydrogens (tertiary/aromatic N) is 2. The summed E-state index contributed by atoms with van der Waals surface area (Å²) in [6.45, 7) is 4.43. The van der Waals surface area contributed by atoms with E-state index < -0.39 is 5.54 Å². The molecular weight excluding hydrogens is 280 g/mol. The van der Waals surface area contributed by atoms with Gasteiger partial charge < -0.3 is 15.7 Å². The van der Waals surface area contributed by atoms with Crippen molar-refractivity contribution in [1.29, 1.82) is 0 Å². The molecule has 0 bridgehead atoms. The van der Waals surface area contributed by atoms with Crippen LogP contribution in [0.5, 0.6) is 0 Å². The Morgan fingerprint density at radius 1 is 1.36 bits per heavy atom. The smallest absolute Gasteiger partial charge is 0.319 e. The fourth-order valence-electron chi connectivity index (χ4n) is 2.14. The highest BCUT2D eigenvalue weighted by atomic mass is 16.3. The van der Waals surface area contributed by atoms with Crippen molar-refractivity contribution in [3.63, 3.8) is 0 Å². The van der Waals surface area contributed by atoms with Gasteiger partial charge in [-0.1, -0.05) is 12.1 Å². The molecule has 0 radical (unpaired) electrons. The monoisotopic (exact) mass is 302 g/mol. The summed E-state index contributed by atoms with van der Waals surface area (Å²) in [5, 5.41) is 18.8. The highest BCUT2D eigenvalue weighted by molar-refractivity contribution is 5.89. The summed E-state index contributed by atoms with van der Waals surface area (Å²) in [5.74, 6) is 0. The Morgan fingerprint density at radius 3 is 2.86 bits per heavy atom. The molecule has 1 aromatic carbocycles. The molecule has 0 saturated carbocycles. The second-order valence-electron chi connectivity index (χ2n) is 5.84. The zero-order chi connectivity index (χ0) is 16.0. The van der Waals surface area contributed by atoms with E-state index in [9.17, 15) is 4.79 Å². The van der Waals surface area contributed by atoms with E-state index in [0.29, 0.717) is 13.0 Å². The number of aromatic nitrogens is 2. The molecule has 6 heteroatoms. The van der Waals surface area contributed by atoms with Gasteiger partial charge in [0, 0.05) is 30.2 Å². The van der Waals surface area contributed by atoms with Crippen molar-refractivity contribution >= 4 is 11.7 Å². The number of aliphatic hydroxyl groups is 1. The minimum absolute atomic E-state index is 0.0344. The molecule has 0 saturated heterocycles. The molecule has 1 heterocycles. The topological polar surface area (TPSA) is 79.2 Å². The van der Waals surface area contributed by atoms with E-state index >= 15 is 0 Å². The minimum Gasteiger partial charge on any atom is -0.396 e. The van der Waals surface area contributed by atoms with Gasteiger partial charge in [-0.2, -0.15) is 5.10 Å². The number of aliphatic hydroxyl groups excluding tert-OH is 1. The van der Waals surface area contributed by atoms with Gasteiger partial charge in [0.1, 0.15) is 0 Å². The molecular formula is C16H22N4O2. The molecule has 2 amide bonds. The molecule has 0 unspecified atom stereocenters. The second kappa shape index (κ2) is 7.09. The minimum atomic E-state index is -0.453. The van der Waals surface area contributed by atoms with Gasteiger partial charge in [0.25, 0.3) is 0 Å². The van der Waals surface area contributed by atoms with Crippen molar-refractivity contribution in [2.45, 2.75) is 32.4 Å². The Balaban J connectivity index is 1.96. The molecule has 1 aromatic heterocycles. The molecule has 6 nitrogen and oxygen atoms in total. The van der Waals surface area contributed by atoms with Gasteiger partial charge in [0.15, 0.2) is 0 Å². The van der Waals surface area contributed by atoms with Gasteiger partial charge in [-0.3, -0.25) is 4.68 Å². The largest absolute Gasteiger partial charge is 0.396 e. The molecule has 118 valence electrons. The summed E-state index contributed by atoms with van der Waals surface area (Å²) in [6, 6.07) is 9.23. The van der Waals surface area contributed by atoms with E-state index in [-0.39, 0.29) is 12.6 Å². The fourth-order valence-corrected chi connectivity index (χ4v) is 2.14. The number of benzene rings is 1. The van der Waals surface area contributed by atoms with Crippen molar-refractivity contribution in [3.8, 4) is 0 Å². The third-order valence-corrected chi connectivity index (χ3v) is 3.28. The van der Waals surface area contributed by atoms with Gasteiger partial charge >= 0.3 is 6.03 Å². The number of hydrogen-bond acceptors (Lipinski definition) is 3. The average Bonchev–Trinajstić information content (AvgIpc) is 2.90. The number of anilines is 1. The van der Waals surface area contributed by atoms with E-state index in [1.165, 1.54) is 0 Å². The summed E-state index contributed by atoms with van der Waals surface area (Å²) in [5.41, 5.74) is 1.32. The molecule has 3 N–H and O–H groups in total. The molecule has 2 aromatic rings. The van der Waals surface area contributed by atoms with Crippen LogP contribution in [0, 0.1) is 0 Å². The van der Waals surface area contributed by atoms with Crippen molar-refractivity contribution in [1.82, 2.24) is 15.1 Å². The number of carbonyl (C=O) groups excluding carboxylic acids is 1. The van der Waals surface area contributed by atoms with Crippen molar-refractivity contribution in [2.24, 2.45) is 0 Å². The standard InChI is InChI=1S/C16H22N4O2/c1-16(2,7-10-21)19-15(22)18-14-6-3-5-13(11-14)12-20-9-4-8-17-20/h3-6,8-9,11,21H,7,10,12H2,1-2H3,(H2,18,19,22). The molecule has 0 spiro atoms. The highest BCUT2D eigenvalue weighted by Gasteiger charge is 2.19. The third-order valence-electron chi connectivity index (χ3n) is 3.28. The lowest BCUT2D eigenvalue weighted by Crippen LogP contribution is -2.46. The maximum atomic E-state index is 12.0. The predicted octanol–water partition coefficient (Wildman–Crippen LogP) is 2.21. The van der Waals surface area contributed by atoms with Crippen LogP contribution in [0.25, 0.3) is 0 Å². The third kappa shape index (κ3) is 4.89. The number of amides is 2. The molecule has 0 atom stereocenters. The van der Waals surface area contributed by atoms with E-state index in [1.54, 1.807) is 6.20 Å². The molecule has 0 aliphatic carbocycles. The Kier molecular flexibility index (Phi) is 5.16. The molecule has 2 rings (SSSR count). The van der Waals surface area contributed by atoms with Crippen molar-refractivity contribution in [2.75, 3.05) is 11.9 Å². The lowest BCUT2D eigenvalue weighted by Gasteiger charge is -2.25. The second-order valence-corrected chi connectivity index (χ2v) is 5.84. The fraction of sp³-hybridized carbons (Fsp3) is 0.375. The SMILES string of the molecule is CC(C)(CCO)NC(=O)Nc1cccc(Cn2cccn2)c1. The Hall–Kier alpha value is -2.34. The molecule has 0 aliphatic rings. The quantitative estimate of drug-likeness (QED) is 0.765. The van der Waals surface area contributed by atoms with Gasteiger partial charge in [-0.15, -0.1) is 0 Å². The average molecular weight is 302 g/mol. The van der Waals surface area contributed by atoms with Crippen LogP contribution in [0.1, 0.15) is 25.8 Å². The summed E-state index contributed by atoms with van der Waals surface area (Å²) in [4.78, 5) is 12.0. The maximum absolute atomic E-state index is 12.0. The van der Waals surface area contributed by atoms with E-state index in [1.807, 2.05) is 55.1 Å². The lowest BCUT2D eigenvalue weighted by atomic mass is 10.0. The zero-order valence-corrected chi connectivity index (χ0v) is 12.9. The number of rotatable bonds is 6. The van der Waals surface area contributed by atoms with E-state index in [2.05, 4.69) is 15.7 Å². The van der Waals surface area contributed by atoms with Crippen LogP contribution in [-0.4, -0.2) is 33.1 Å². The van der Waals surface area contributed by atoms with Crippen LogP contribution in [0.4, 0.5) is 10.5 Å². The van der Waals surface area contributed by atoms with E-state index in [4.69, 9.17) is 5.11 Å². The Labute approximate surface area is 130 Å². The number of urea groups is 1. The van der Waals surface area contributed by atoms with Crippen LogP contribution in [0.15, 0.2) is 42.7 Å². The Morgan fingerprint density at radius 2 is 2.18 bits per heavy atom. The van der Waals surface area contributed by atoms with Crippen LogP contribution in [-0.2, 0) is 6.54 Å². The number of nitrogens with one attached hydrogen (secondary N) is 2. The summed E-state index contributed by atoms with van der Waals surface area (Å²) in [7, 11) is 0. The lowest BCUT2D eigenvalue weighted by molar-refractivity contribution is 0.218. The van der Waals surface area contributed by atoms with Gasteiger partial charge in [0.2, 0.25) is 0 Å². The number of hydrogen-bond donors (Lipinski definition) is 3. The predicted molar refractivity (Wildman–Crippen MR) is 85.7 cm³/mol. The highest BCUT2D eigenvalue weighted by Crippen LogP contribution is 2.13. The first kappa shape index (κ1) is 16.0. The summed E-state index contributed by atoms with van der Waals surface area (Å²) >= 11 is 0. The van der Waals surface area contributed by atoms with Gasteiger partial charge in [0.05, 0.1) is 6.54 Å². The maximum Gasteiger partial charge on any atom is 0.319 e. The first-order chi connectivity index (χ1) is 10.5. The molecule has 0 aliphatic heterocycles. The van der Waals surface area contributed by atoms with Crippen LogP contribution >= 0.6 is 0 Å². The zero-order valence-electron chi connectivity index (χ0n) is 12.9. The van der Waals surface area contributed by atoms with Crippen LogP contribution in [0.3, 0.4) is 0 Å². The van der Waals surface area contributed by atoms with Crippen molar-refractivity contribution < 1.29 is 9.90 Å². The van der Waals surface area contributed by atoms with Crippen LogP contribution < -0.4 is 10.6 Å². The van der Waals surface area contributed by atoms with E-state index in [0.717, 1.165) is 11.3 Å². The van der Waals surface area contributed by atoms with Crippen LogP contribution in [0.2, 0.25) is 0 Å². The van der Waals surface area contributed by atoms with Crippen molar-refractivity contribution in [3.05, 3.63) is 48.3 Å². The van der Waals surface area contributed by atoms with Gasteiger partial charge in [-0.05, 0) is 44.0 Å². The number of carbonyl (C=O) groups is 1. The normalized spacial score (nSPS) is 11.2. The molecule has 0 fully saturated rings.